The molecule has 0 aliphatic rings. The van der Waals surface area contributed by atoms with Crippen molar-refractivity contribution in [2.24, 2.45) is 5.84 Å². The summed E-state index contributed by atoms with van der Waals surface area (Å²) in [7, 11) is 0. The molecule has 0 saturated carbocycles. The van der Waals surface area contributed by atoms with E-state index in [9.17, 15) is 0 Å². The summed E-state index contributed by atoms with van der Waals surface area (Å²) in [6.07, 6.45) is 1.44. The number of halogens is 2. The fourth-order valence-corrected chi connectivity index (χ4v) is 2.19. The van der Waals surface area contributed by atoms with E-state index in [1.165, 1.54) is 6.33 Å². The third-order valence-corrected chi connectivity index (χ3v) is 3.74. The average molecular weight is 406 g/mol. The standard InChI is InChI=1S/C10H9BrIN5/c11-8-9(14-5-15-10(8)17-13)16-7-4-2-1-3-6(7)12/h1-5H,13H2,(H2,14,15,16,17). The highest BCUT2D eigenvalue weighted by Crippen LogP contribution is 2.29. The number of anilines is 3. The lowest BCUT2D eigenvalue weighted by Gasteiger charge is -2.10. The van der Waals surface area contributed by atoms with Crippen molar-refractivity contribution in [1.82, 2.24) is 9.97 Å². The largest absolute Gasteiger partial charge is 0.338 e. The van der Waals surface area contributed by atoms with Crippen LogP contribution in [0.15, 0.2) is 35.1 Å². The number of hydrogen-bond donors (Lipinski definition) is 3. The topological polar surface area (TPSA) is 75.9 Å². The number of aromatic nitrogens is 2. The molecule has 0 unspecified atom stereocenters. The van der Waals surface area contributed by atoms with E-state index in [0.29, 0.717) is 16.1 Å². The van der Waals surface area contributed by atoms with Gasteiger partial charge in [-0.25, -0.2) is 15.8 Å². The van der Waals surface area contributed by atoms with Crippen molar-refractivity contribution in [3.8, 4) is 0 Å². The SMILES string of the molecule is NNc1ncnc(Nc2ccccc2I)c1Br. The molecule has 0 aliphatic carbocycles. The lowest BCUT2D eigenvalue weighted by molar-refractivity contribution is 1.12. The first kappa shape index (κ1) is 12.5. The first-order chi connectivity index (χ1) is 8.22. The summed E-state index contributed by atoms with van der Waals surface area (Å²) in [5, 5.41) is 3.21. The van der Waals surface area contributed by atoms with Crippen LogP contribution in [-0.4, -0.2) is 9.97 Å². The van der Waals surface area contributed by atoms with Crippen LogP contribution in [0, 0.1) is 3.57 Å². The Kier molecular flexibility index (Phi) is 4.13. The number of hydrazine groups is 1. The molecule has 2 aromatic rings. The Balaban J connectivity index is 2.34. The number of rotatable bonds is 3. The average Bonchev–Trinajstić information content (AvgIpc) is 2.34. The van der Waals surface area contributed by atoms with E-state index in [0.717, 1.165) is 9.26 Å². The molecule has 0 fully saturated rings. The van der Waals surface area contributed by atoms with Crippen LogP contribution in [-0.2, 0) is 0 Å². The second-order valence-electron chi connectivity index (χ2n) is 3.13. The maximum atomic E-state index is 5.34. The number of nitrogen functional groups attached to an aromatic ring is 1. The highest BCUT2D eigenvalue weighted by atomic mass is 127. The van der Waals surface area contributed by atoms with Crippen LogP contribution in [0.1, 0.15) is 0 Å². The zero-order chi connectivity index (χ0) is 12.3. The smallest absolute Gasteiger partial charge is 0.159 e. The van der Waals surface area contributed by atoms with Gasteiger partial charge >= 0.3 is 0 Å². The maximum Gasteiger partial charge on any atom is 0.159 e. The van der Waals surface area contributed by atoms with Gasteiger partial charge in [0.15, 0.2) is 5.82 Å². The normalized spacial score (nSPS) is 10.1. The Morgan fingerprint density at radius 3 is 2.59 bits per heavy atom. The van der Waals surface area contributed by atoms with Crippen LogP contribution in [0.3, 0.4) is 0 Å². The van der Waals surface area contributed by atoms with Crippen molar-refractivity contribution >= 4 is 55.8 Å². The van der Waals surface area contributed by atoms with Gasteiger partial charge in [0.2, 0.25) is 0 Å². The van der Waals surface area contributed by atoms with E-state index in [2.05, 4.69) is 59.2 Å². The van der Waals surface area contributed by atoms with E-state index < -0.39 is 0 Å². The monoisotopic (exact) mass is 405 g/mol. The highest BCUT2D eigenvalue weighted by Gasteiger charge is 2.08. The predicted molar refractivity (Wildman–Crippen MR) is 80.0 cm³/mol. The molecular weight excluding hydrogens is 397 g/mol. The van der Waals surface area contributed by atoms with Gasteiger partial charge in [0.05, 0.1) is 5.69 Å². The third kappa shape index (κ3) is 2.85. The Morgan fingerprint density at radius 1 is 1.18 bits per heavy atom. The molecule has 0 saturated heterocycles. The molecule has 5 nitrogen and oxygen atoms in total. The summed E-state index contributed by atoms with van der Waals surface area (Å²) in [5.74, 6) is 6.54. The summed E-state index contributed by atoms with van der Waals surface area (Å²) in [6, 6.07) is 7.93. The van der Waals surface area contributed by atoms with E-state index >= 15 is 0 Å². The number of para-hydroxylation sites is 1. The van der Waals surface area contributed by atoms with Crippen molar-refractivity contribution in [2.45, 2.75) is 0 Å². The third-order valence-electron chi connectivity index (χ3n) is 2.05. The molecule has 1 aromatic carbocycles. The Labute approximate surface area is 120 Å². The van der Waals surface area contributed by atoms with Crippen LogP contribution in [0.2, 0.25) is 0 Å². The Bertz CT molecular complexity index is 534. The van der Waals surface area contributed by atoms with Gasteiger partial charge in [-0.3, -0.25) is 0 Å². The van der Waals surface area contributed by atoms with Gasteiger partial charge in [-0.15, -0.1) is 0 Å². The van der Waals surface area contributed by atoms with E-state index in [1.807, 2.05) is 24.3 Å². The molecule has 88 valence electrons. The van der Waals surface area contributed by atoms with Crippen molar-refractivity contribution in [1.29, 1.82) is 0 Å². The van der Waals surface area contributed by atoms with Crippen LogP contribution in [0.4, 0.5) is 17.3 Å². The van der Waals surface area contributed by atoms with Gasteiger partial charge in [-0.05, 0) is 50.7 Å². The molecule has 0 amide bonds. The van der Waals surface area contributed by atoms with Gasteiger partial charge < -0.3 is 10.7 Å². The fraction of sp³-hybridized carbons (Fsp3) is 0. The lowest BCUT2D eigenvalue weighted by atomic mass is 10.3. The molecule has 1 heterocycles. The highest BCUT2D eigenvalue weighted by molar-refractivity contribution is 14.1. The van der Waals surface area contributed by atoms with Crippen LogP contribution < -0.4 is 16.6 Å². The Morgan fingerprint density at radius 2 is 1.88 bits per heavy atom. The first-order valence-electron chi connectivity index (χ1n) is 4.71. The summed E-state index contributed by atoms with van der Waals surface area (Å²) in [6.45, 7) is 0. The quantitative estimate of drug-likeness (QED) is 0.416. The molecule has 0 radical (unpaired) electrons. The molecule has 1 aromatic heterocycles. The summed E-state index contributed by atoms with van der Waals surface area (Å²) in [4.78, 5) is 8.14. The van der Waals surface area contributed by atoms with E-state index in [1.54, 1.807) is 0 Å². The molecule has 17 heavy (non-hydrogen) atoms. The second kappa shape index (κ2) is 5.61. The zero-order valence-electron chi connectivity index (χ0n) is 8.61. The van der Waals surface area contributed by atoms with Crippen LogP contribution >= 0.6 is 38.5 Å². The molecule has 0 bridgehead atoms. The molecule has 0 spiro atoms. The molecule has 2 rings (SSSR count). The molecular formula is C10H9BrIN5. The van der Waals surface area contributed by atoms with E-state index in [4.69, 9.17) is 5.84 Å². The van der Waals surface area contributed by atoms with Gasteiger partial charge in [0.25, 0.3) is 0 Å². The van der Waals surface area contributed by atoms with Gasteiger partial charge in [-0.2, -0.15) is 0 Å². The molecule has 0 atom stereocenters. The van der Waals surface area contributed by atoms with Crippen molar-refractivity contribution in [2.75, 3.05) is 10.7 Å². The summed E-state index contributed by atoms with van der Waals surface area (Å²) < 4.78 is 1.81. The van der Waals surface area contributed by atoms with Gasteiger partial charge in [0, 0.05) is 3.57 Å². The van der Waals surface area contributed by atoms with Crippen molar-refractivity contribution in [3.63, 3.8) is 0 Å². The minimum absolute atomic E-state index is 0.536. The van der Waals surface area contributed by atoms with Crippen molar-refractivity contribution < 1.29 is 0 Å². The molecule has 0 aliphatic heterocycles. The number of hydrogen-bond acceptors (Lipinski definition) is 5. The zero-order valence-corrected chi connectivity index (χ0v) is 12.4. The minimum Gasteiger partial charge on any atom is -0.338 e. The second-order valence-corrected chi connectivity index (χ2v) is 5.09. The fourth-order valence-electron chi connectivity index (χ4n) is 1.25. The maximum absolute atomic E-state index is 5.34. The minimum atomic E-state index is 0.536. The van der Waals surface area contributed by atoms with Crippen molar-refractivity contribution in [3.05, 3.63) is 38.6 Å². The number of nitrogens with zero attached hydrogens (tertiary/aromatic N) is 2. The van der Waals surface area contributed by atoms with Crippen LogP contribution in [0.25, 0.3) is 0 Å². The van der Waals surface area contributed by atoms with Gasteiger partial charge in [-0.1, -0.05) is 12.1 Å². The summed E-state index contributed by atoms with van der Waals surface area (Å²) in [5.41, 5.74) is 3.48. The lowest BCUT2D eigenvalue weighted by Crippen LogP contribution is -2.10. The molecule has 4 N–H and O–H groups in total. The number of benzene rings is 1. The molecule has 7 heteroatoms. The number of nitrogens with two attached hydrogens (primary N) is 1. The first-order valence-corrected chi connectivity index (χ1v) is 6.58. The van der Waals surface area contributed by atoms with Gasteiger partial charge in [0.1, 0.15) is 16.6 Å². The van der Waals surface area contributed by atoms with E-state index in [-0.39, 0.29) is 0 Å². The van der Waals surface area contributed by atoms with Crippen LogP contribution in [0.5, 0.6) is 0 Å². The number of nitrogens with one attached hydrogen (secondary N) is 2. The predicted octanol–water partition coefficient (Wildman–Crippen LogP) is 2.87. The summed E-state index contributed by atoms with van der Waals surface area (Å²) >= 11 is 5.65. The Hall–Kier alpha value is -0.930.